The van der Waals surface area contributed by atoms with Gasteiger partial charge in [0.05, 0.1) is 0 Å². The molecular formula is C8H8N6. The summed E-state index contributed by atoms with van der Waals surface area (Å²) >= 11 is 0. The van der Waals surface area contributed by atoms with E-state index in [1.54, 1.807) is 30.7 Å². The smallest absolute Gasteiger partial charge is 0.199 e. The van der Waals surface area contributed by atoms with Crippen molar-refractivity contribution in [3.63, 3.8) is 0 Å². The molecule has 0 radical (unpaired) electrons. The van der Waals surface area contributed by atoms with Crippen LogP contribution in [0, 0.1) is 0 Å². The SMILES string of the molecule is NNc1ccnc(-c2ncccn2)n1. The maximum Gasteiger partial charge on any atom is 0.199 e. The molecule has 0 aliphatic carbocycles. The van der Waals surface area contributed by atoms with Crippen LogP contribution in [0.25, 0.3) is 11.6 Å². The van der Waals surface area contributed by atoms with Crippen LogP contribution in [0.15, 0.2) is 30.7 Å². The first-order chi connectivity index (χ1) is 6.90. The Kier molecular flexibility index (Phi) is 2.28. The second-order valence-electron chi connectivity index (χ2n) is 2.48. The zero-order valence-electron chi connectivity index (χ0n) is 7.25. The van der Waals surface area contributed by atoms with E-state index >= 15 is 0 Å². The fourth-order valence-electron chi connectivity index (χ4n) is 0.961. The van der Waals surface area contributed by atoms with Gasteiger partial charge in [0.1, 0.15) is 5.82 Å². The average Bonchev–Trinajstić information content (AvgIpc) is 2.30. The molecular weight excluding hydrogens is 180 g/mol. The van der Waals surface area contributed by atoms with Gasteiger partial charge in [-0.3, -0.25) is 0 Å². The predicted octanol–water partition coefficient (Wildman–Crippen LogP) is 0.219. The fraction of sp³-hybridized carbons (Fsp3) is 0. The van der Waals surface area contributed by atoms with Gasteiger partial charge in [-0.05, 0) is 6.07 Å². The molecule has 2 aromatic heterocycles. The molecule has 2 aromatic rings. The summed E-state index contributed by atoms with van der Waals surface area (Å²) < 4.78 is 0. The first kappa shape index (κ1) is 8.52. The van der Waals surface area contributed by atoms with Crippen molar-refractivity contribution in [1.29, 1.82) is 0 Å². The number of nitrogen functional groups attached to an aromatic ring is 1. The van der Waals surface area contributed by atoms with Gasteiger partial charge in [-0.1, -0.05) is 0 Å². The molecule has 0 unspecified atom stereocenters. The summed E-state index contributed by atoms with van der Waals surface area (Å²) in [5.41, 5.74) is 2.43. The second kappa shape index (κ2) is 3.75. The lowest BCUT2D eigenvalue weighted by Gasteiger charge is -2.00. The molecule has 0 bridgehead atoms. The Bertz CT molecular complexity index is 415. The fourth-order valence-corrected chi connectivity index (χ4v) is 0.961. The minimum atomic E-state index is 0.445. The summed E-state index contributed by atoms with van der Waals surface area (Å²) in [6.07, 6.45) is 4.86. The molecule has 2 rings (SSSR count). The van der Waals surface area contributed by atoms with Crippen LogP contribution in [0.2, 0.25) is 0 Å². The Morgan fingerprint density at radius 2 is 1.71 bits per heavy atom. The molecule has 6 nitrogen and oxygen atoms in total. The van der Waals surface area contributed by atoms with Crippen LogP contribution in [-0.4, -0.2) is 19.9 Å². The largest absolute Gasteiger partial charge is 0.308 e. The van der Waals surface area contributed by atoms with Gasteiger partial charge in [0.25, 0.3) is 0 Å². The maximum absolute atomic E-state index is 5.22. The summed E-state index contributed by atoms with van der Waals surface area (Å²) in [5, 5.41) is 0. The summed E-state index contributed by atoms with van der Waals surface area (Å²) in [7, 11) is 0. The normalized spacial score (nSPS) is 9.79. The Morgan fingerprint density at radius 1 is 1.00 bits per heavy atom. The predicted molar refractivity (Wildman–Crippen MR) is 50.9 cm³/mol. The van der Waals surface area contributed by atoms with Crippen molar-refractivity contribution in [1.82, 2.24) is 19.9 Å². The van der Waals surface area contributed by atoms with Crippen molar-refractivity contribution < 1.29 is 0 Å². The minimum Gasteiger partial charge on any atom is -0.308 e. The summed E-state index contributed by atoms with van der Waals surface area (Å²) in [6.45, 7) is 0. The number of nitrogens with one attached hydrogen (secondary N) is 1. The summed E-state index contributed by atoms with van der Waals surface area (Å²) in [4.78, 5) is 16.2. The van der Waals surface area contributed by atoms with E-state index in [-0.39, 0.29) is 0 Å². The molecule has 70 valence electrons. The molecule has 0 spiro atoms. The first-order valence-corrected chi connectivity index (χ1v) is 3.97. The van der Waals surface area contributed by atoms with Crippen LogP contribution >= 0.6 is 0 Å². The van der Waals surface area contributed by atoms with E-state index < -0.39 is 0 Å². The van der Waals surface area contributed by atoms with Crippen LogP contribution in [0.1, 0.15) is 0 Å². The molecule has 3 N–H and O–H groups in total. The summed E-state index contributed by atoms with van der Waals surface area (Å²) in [5.74, 6) is 6.67. The zero-order chi connectivity index (χ0) is 9.80. The molecule has 6 heteroatoms. The Morgan fingerprint density at radius 3 is 2.43 bits per heavy atom. The molecule has 0 aliphatic heterocycles. The van der Waals surface area contributed by atoms with E-state index in [1.807, 2.05) is 0 Å². The third kappa shape index (κ3) is 1.64. The zero-order valence-corrected chi connectivity index (χ0v) is 7.25. The minimum absolute atomic E-state index is 0.445. The first-order valence-electron chi connectivity index (χ1n) is 3.97. The van der Waals surface area contributed by atoms with Crippen molar-refractivity contribution in [2.45, 2.75) is 0 Å². The number of nitrogens with two attached hydrogens (primary N) is 1. The molecule has 0 aliphatic rings. The lowest BCUT2D eigenvalue weighted by molar-refractivity contribution is 1.07. The highest BCUT2D eigenvalue weighted by atomic mass is 15.3. The number of hydrazine groups is 1. The van der Waals surface area contributed by atoms with Gasteiger partial charge in [0.2, 0.25) is 0 Å². The molecule has 0 saturated carbocycles. The standard InChI is InChI=1S/C8H8N6/c9-14-6-2-5-12-8(13-6)7-10-3-1-4-11-7/h1-5H,9H2,(H,12,13,14). The van der Waals surface area contributed by atoms with Crippen LogP contribution in [-0.2, 0) is 0 Å². The third-order valence-corrected chi connectivity index (χ3v) is 1.57. The van der Waals surface area contributed by atoms with E-state index in [1.165, 1.54) is 0 Å². The van der Waals surface area contributed by atoms with Crippen molar-refractivity contribution >= 4 is 5.82 Å². The van der Waals surface area contributed by atoms with Gasteiger partial charge >= 0.3 is 0 Å². The molecule has 0 atom stereocenters. The third-order valence-electron chi connectivity index (χ3n) is 1.57. The van der Waals surface area contributed by atoms with Crippen molar-refractivity contribution in [3.05, 3.63) is 30.7 Å². The molecule has 2 heterocycles. The van der Waals surface area contributed by atoms with Gasteiger partial charge in [-0.15, -0.1) is 0 Å². The monoisotopic (exact) mass is 188 g/mol. The summed E-state index contributed by atoms with van der Waals surface area (Å²) in [6, 6.07) is 3.39. The Balaban J connectivity index is 2.42. The molecule has 0 saturated heterocycles. The van der Waals surface area contributed by atoms with Gasteiger partial charge in [-0.25, -0.2) is 25.8 Å². The second-order valence-corrected chi connectivity index (χ2v) is 2.48. The lowest BCUT2D eigenvalue weighted by Crippen LogP contribution is -2.09. The van der Waals surface area contributed by atoms with E-state index in [0.29, 0.717) is 17.5 Å². The van der Waals surface area contributed by atoms with Crippen LogP contribution in [0.3, 0.4) is 0 Å². The maximum atomic E-state index is 5.22. The van der Waals surface area contributed by atoms with Gasteiger partial charge in [0.15, 0.2) is 11.6 Å². The van der Waals surface area contributed by atoms with E-state index in [9.17, 15) is 0 Å². The van der Waals surface area contributed by atoms with E-state index in [4.69, 9.17) is 5.84 Å². The number of anilines is 1. The highest BCUT2D eigenvalue weighted by Gasteiger charge is 2.03. The van der Waals surface area contributed by atoms with Crippen LogP contribution in [0.4, 0.5) is 5.82 Å². The van der Waals surface area contributed by atoms with Gasteiger partial charge in [-0.2, -0.15) is 0 Å². The number of rotatable bonds is 2. The Hall–Kier alpha value is -2.08. The average molecular weight is 188 g/mol. The number of aromatic nitrogens is 4. The topological polar surface area (TPSA) is 89.6 Å². The highest BCUT2D eigenvalue weighted by molar-refractivity contribution is 5.46. The molecule has 14 heavy (non-hydrogen) atoms. The highest BCUT2D eigenvalue weighted by Crippen LogP contribution is 2.08. The molecule has 0 fully saturated rings. The molecule has 0 aromatic carbocycles. The van der Waals surface area contributed by atoms with Crippen molar-refractivity contribution in [3.8, 4) is 11.6 Å². The van der Waals surface area contributed by atoms with E-state index in [2.05, 4.69) is 25.4 Å². The number of nitrogens with zero attached hydrogens (tertiary/aromatic N) is 4. The quantitative estimate of drug-likeness (QED) is 0.517. The number of hydrogen-bond acceptors (Lipinski definition) is 6. The van der Waals surface area contributed by atoms with E-state index in [0.717, 1.165) is 0 Å². The van der Waals surface area contributed by atoms with Crippen molar-refractivity contribution in [2.24, 2.45) is 5.84 Å². The molecule has 0 amide bonds. The van der Waals surface area contributed by atoms with Gasteiger partial charge < -0.3 is 5.43 Å². The van der Waals surface area contributed by atoms with Gasteiger partial charge in [0, 0.05) is 24.7 Å². The number of hydrogen-bond donors (Lipinski definition) is 2. The van der Waals surface area contributed by atoms with Crippen molar-refractivity contribution in [2.75, 3.05) is 5.43 Å². The Labute approximate surface area is 80.2 Å². The van der Waals surface area contributed by atoms with Crippen LogP contribution in [0.5, 0.6) is 0 Å². The lowest BCUT2D eigenvalue weighted by atomic mass is 10.5. The van der Waals surface area contributed by atoms with Crippen LogP contribution < -0.4 is 11.3 Å².